The van der Waals surface area contributed by atoms with Crippen LogP contribution in [-0.2, 0) is 14.6 Å². The molecule has 0 saturated carbocycles. The van der Waals surface area contributed by atoms with Gasteiger partial charge in [-0.05, 0) is 6.42 Å². The second-order valence-electron chi connectivity index (χ2n) is 5.68. The maximum Gasteiger partial charge on any atom is 0.397 e. The van der Waals surface area contributed by atoms with Crippen LogP contribution < -0.4 is 0 Å². The Labute approximate surface area is 107 Å². The third-order valence-corrected chi connectivity index (χ3v) is 4.87. The van der Waals surface area contributed by atoms with Gasteiger partial charge in [-0.25, -0.2) is 4.18 Å². The quantitative estimate of drug-likeness (QED) is 0.378. The Balaban J connectivity index is 3.20. The van der Waals surface area contributed by atoms with Crippen molar-refractivity contribution in [3.05, 3.63) is 0 Å². The Morgan fingerprint density at radius 1 is 0.941 bits per heavy atom. The van der Waals surface area contributed by atoms with Crippen LogP contribution in [0.15, 0.2) is 0 Å². The van der Waals surface area contributed by atoms with Gasteiger partial charge in [0.15, 0.2) is 0 Å². The zero-order chi connectivity index (χ0) is 13.4. The highest BCUT2D eigenvalue weighted by Crippen LogP contribution is 2.15. The molecule has 0 rings (SSSR count). The van der Waals surface area contributed by atoms with E-state index in [9.17, 15) is 8.42 Å². The molecule has 0 bridgehead atoms. The summed E-state index contributed by atoms with van der Waals surface area (Å²) in [5.41, 5.74) is 0. The van der Waals surface area contributed by atoms with Gasteiger partial charge in [-0.3, -0.25) is 4.55 Å². The molecule has 0 aromatic heterocycles. The summed E-state index contributed by atoms with van der Waals surface area (Å²) in [6.07, 6.45) is 6.55. The molecule has 0 fully saturated rings. The van der Waals surface area contributed by atoms with Crippen LogP contribution in [0, 0.1) is 0 Å². The molecule has 4 nitrogen and oxygen atoms in total. The molecule has 1 N–H and O–H groups in total. The first-order valence-corrected chi connectivity index (χ1v) is 11.4. The number of hydrogen-bond acceptors (Lipinski definition) is 3. The number of rotatable bonds is 10. The van der Waals surface area contributed by atoms with Crippen LogP contribution in [-0.4, -0.2) is 27.7 Å². The van der Waals surface area contributed by atoms with Gasteiger partial charge in [-0.2, -0.15) is 8.42 Å². The first-order valence-electron chi connectivity index (χ1n) is 6.32. The third kappa shape index (κ3) is 16.1. The fourth-order valence-corrected chi connectivity index (χ4v) is 3.27. The molecule has 0 spiro atoms. The van der Waals surface area contributed by atoms with Crippen LogP contribution in [0.4, 0.5) is 0 Å². The minimum atomic E-state index is -4.24. The van der Waals surface area contributed by atoms with Gasteiger partial charge in [-0.15, -0.1) is 0 Å². The molecule has 104 valence electrons. The van der Waals surface area contributed by atoms with E-state index in [1.807, 2.05) is 0 Å². The minimum Gasteiger partial charge on any atom is -0.264 e. The maximum atomic E-state index is 10.2. The molecule has 0 amide bonds. The molecule has 0 aromatic carbocycles. The summed E-state index contributed by atoms with van der Waals surface area (Å²) in [6, 6.07) is 1.39. The number of unbranched alkanes of at least 4 members (excludes halogenated alkanes) is 5. The van der Waals surface area contributed by atoms with Crippen molar-refractivity contribution in [3.8, 4) is 0 Å². The van der Waals surface area contributed by atoms with Gasteiger partial charge in [0.1, 0.15) is 0 Å². The predicted molar refractivity (Wildman–Crippen MR) is 73.4 cm³/mol. The van der Waals surface area contributed by atoms with Crippen molar-refractivity contribution in [3.63, 3.8) is 0 Å². The molecule has 17 heavy (non-hydrogen) atoms. The fraction of sp³-hybridized carbons (Fsp3) is 1.00. The average molecular weight is 282 g/mol. The molecular weight excluding hydrogens is 256 g/mol. The van der Waals surface area contributed by atoms with E-state index in [1.165, 1.54) is 25.3 Å². The summed E-state index contributed by atoms with van der Waals surface area (Å²) in [4.78, 5) is 0. The zero-order valence-electron chi connectivity index (χ0n) is 11.2. The van der Waals surface area contributed by atoms with E-state index in [1.54, 1.807) is 0 Å². The highest BCUT2D eigenvalue weighted by atomic mass is 32.3. The molecule has 0 aliphatic carbocycles. The van der Waals surface area contributed by atoms with Crippen molar-refractivity contribution in [2.24, 2.45) is 0 Å². The monoisotopic (exact) mass is 282 g/mol. The van der Waals surface area contributed by atoms with E-state index in [0.717, 1.165) is 12.8 Å². The molecule has 0 aliphatic heterocycles. The molecular formula is C11H26O4SSi. The summed E-state index contributed by atoms with van der Waals surface area (Å²) in [7, 11) is -5.11. The van der Waals surface area contributed by atoms with Crippen molar-refractivity contribution < 1.29 is 17.2 Å². The lowest BCUT2D eigenvalue weighted by Gasteiger charge is -2.14. The number of hydrogen-bond donors (Lipinski definition) is 1. The Kier molecular flexibility index (Phi) is 8.28. The summed E-state index contributed by atoms with van der Waals surface area (Å²) < 4.78 is 33.0. The second kappa shape index (κ2) is 8.23. The van der Waals surface area contributed by atoms with Crippen molar-refractivity contribution >= 4 is 18.5 Å². The molecule has 0 heterocycles. The van der Waals surface area contributed by atoms with Gasteiger partial charge in [-0.1, -0.05) is 57.8 Å². The van der Waals surface area contributed by atoms with Gasteiger partial charge < -0.3 is 0 Å². The molecule has 0 aliphatic rings. The highest BCUT2D eigenvalue weighted by Gasteiger charge is 2.11. The standard InChI is InChI=1S/C11H26O4SSi/c1-17(2,3)11-9-7-5-4-6-8-10-15-16(12,13)14/h4-11H2,1-3H3,(H,12,13,14). The van der Waals surface area contributed by atoms with E-state index in [0.29, 0.717) is 6.42 Å². The highest BCUT2D eigenvalue weighted by molar-refractivity contribution is 7.80. The lowest BCUT2D eigenvalue weighted by atomic mass is 10.1. The summed E-state index contributed by atoms with van der Waals surface area (Å²) in [6.45, 7) is 7.26. The topological polar surface area (TPSA) is 63.6 Å². The van der Waals surface area contributed by atoms with Crippen LogP contribution in [0.2, 0.25) is 25.7 Å². The Bertz CT molecular complexity index is 282. The lowest BCUT2D eigenvalue weighted by Crippen LogP contribution is -2.18. The van der Waals surface area contributed by atoms with Crippen molar-refractivity contribution in [2.45, 2.75) is 64.2 Å². The van der Waals surface area contributed by atoms with E-state index >= 15 is 0 Å². The fourth-order valence-electron chi connectivity index (χ4n) is 1.63. The lowest BCUT2D eigenvalue weighted by molar-refractivity contribution is 0.261. The normalized spacial score (nSPS) is 12.9. The molecule has 0 aromatic rings. The van der Waals surface area contributed by atoms with E-state index in [-0.39, 0.29) is 6.61 Å². The van der Waals surface area contributed by atoms with Crippen molar-refractivity contribution in [1.29, 1.82) is 0 Å². The maximum absolute atomic E-state index is 10.2. The van der Waals surface area contributed by atoms with Crippen LogP contribution in [0.5, 0.6) is 0 Å². The first-order chi connectivity index (χ1) is 7.71. The van der Waals surface area contributed by atoms with Crippen molar-refractivity contribution in [1.82, 2.24) is 0 Å². The van der Waals surface area contributed by atoms with Crippen LogP contribution >= 0.6 is 0 Å². The third-order valence-electron chi connectivity index (χ3n) is 2.55. The van der Waals surface area contributed by atoms with E-state index in [4.69, 9.17) is 4.55 Å². The SMILES string of the molecule is C[Si](C)(C)CCCCCCCCOS(=O)(=O)O. The minimum absolute atomic E-state index is 0.0910. The molecule has 0 saturated heterocycles. The summed E-state index contributed by atoms with van der Waals surface area (Å²) in [5.74, 6) is 0. The summed E-state index contributed by atoms with van der Waals surface area (Å²) >= 11 is 0. The molecule has 0 radical (unpaired) electrons. The van der Waals surface area contributed by atoms with Crippen LogP contribution in [0.25, 0.3) is 0 Å². The molecule has 0 atom stereocenters. The molecule has 6 heteroatoms. The Morgan fingerprint density at radius 2 is 1.41 bits per heavy atom. The molecule has 0 unspecified atom stereocenters. The van der Waals surface area contributed by atoms with Crippen molar-refractivity contribution in [2.75, 3.05) is 6.61 Å². The first kappa shape index (κ1) is 17.1. The Hall–Kier alpha value is 0.0869. The smallest absolute Gasteiger partial charge is 0.264 e. The summed E-state index contributed by atoms with van der Waals surface area (Å²) in [5, 5.41) is 0. The van der Waals surface area contributed by atoms with E-state index < -0.39 is 18.5 Å². The predicted octanol–water partition coefficient (Wildman–Crippen LogP) is 3.48. The van der Waals surface area contributed by atoms with Crippen LogP contribution in [0.1, 0.15) is 38.5 Å². The van der Waals surface area contributed by atoms with Gasteiger partial charge >= 0.3 is 10.4 Å². The van der Waals surface area contributed by atoms with Crippen LogP contribution in [0.3, 0.4) is 0 Å². The van der Waals surface area contributed by atoms with E-state index in [2.05, 4.69) is 23.8 Å². The zero-order valence-corrected chi connectivity index (χ0v) is 13.1. The second-order valence-corrected chi connectivity index (χ2v) is 12.4. The van der Waals surface area contributed by atoms with Gasteiger partial charge in [0.2, 0.25) is 0 Å². The van der Waals surface area contributed by atoms with Gasteiger partial charge in [0, 0.05) is 8.07 Å². The average Bonchev–Trinajstić information content (AvgIpc) is 2.11. The van der Waals surface area contributed by atoms with Gasteiger partial charge in [0.25, 0.3) is 0 Å². The Morgan fingerprint density at radius 3 is 1.88 bits per heavy atom. The van der Waals surface area contributed by atoms with Gasteiger partial charge in [0.05, 0.1) is 6.61 Å². The largest absolute Gasteiger partial charge is 0.397 e.